The second-order valence-corrected chi connectivity index (χ2v) is 16.3. The van der Waals surface area contributed by atoms with Crippen molar-refractivity contribution in [1.82, 2.24) is 0 Å². The zero-order valence-corrected chi connectivity index (χ0v) is 35.0. The number of carbonyl (C=O) groups excluding carboxylic acids is 2. The van der Waals surface area contributed by atoms with Crippen LogP contribution in [0.4, 0.5) is 0 Å². The Balaban J connectivity index is 4.17. The van der Waals surface area contributed by atoms with Gasteiger partial charge in [0, 0.05) is 12.8 Å². The van der Waals surface area contributed by atoms with Crippen LogP contribution in [0.1, 0.15) is 219 Å². The minimum Gasteiger partial charge on any atom is -0.475 e. The standard InChI is InChI=1S/C44H85NO7/c1-6-8-10-12-14-16-18-20-22-24-26-28-30-32-34-36-41(46)50-38-40(52-43(44(48)49)45(3,4)5)39-51-42(47)37-35-33-31-29-27-25-23-21-19-17-15-13-11-9-7-2/h40,43H,6-39H2,1-5H3/p+1. The van der Waals surface area contributed by atoms with Gasteiger partial charge in [-0.1, -0.05) is 194 Å². The molecule has 1 N–H and O–H groups in total. The zero-order valence-electron chi connectivity index (χ0n) is 35.0. The van der Waals surface area contributed by atoms with Gasteiger partial charge in [0.2, 0.25) is 0 Å². The highest BCUT2D eigenvalue weighted by Crippen LogP contribution is 2.16. The van der Waals surface area contributed by atoms with Crippen molar-refractivity contribution in [2.75, 3.05) is 34.4 Å². The van der Waals surface area contributed by atoms with E-state index < -0.39 is 18.3 Å². The van der Waals surface area contributed by atoms with Crippen LogP contribution in [0, 0.1) is 0 Å². The largest absolute Gasteiger partial charge is 0.475 e. The van der Waals surface area contributed by atoms with Crippen LogP contribution in [0.15, 0.2) is 0 Å². The molecule has 308 valence electrons. The Bertz CT molecular complexity index is 778. The highest BCUT2D eigenvalue weighted by Gasteiger charge is 2.36. The zero-order chi connectivity index (χ0) is 38.5. The average molecular weight is 741 g/mol. The quantitative estimate of drug-likeness (QED) is 0.0289. The van der Waals surface area contributed by atoms with Crippen molar-refractivity contribution in [2.24, 2.45) is 0 Å². The molecule has 0 amide bonds. The molecular formula is C44H86NO7+. The smallest absolute Gasteiger partial charge is 0.392 e. The normalized spacial score (nSPS) is 12.3. The van der Waals surface area contributed by atoms with Crippen LogP contribution >= 0.6 is 0 Å². The van der Waals surface area contributed by atoms with Gasteiger partial charge in [-0.25, -0.2) is 4.79 Å². The maximum atomic E-state index is 12.5. The first-order valence-electron chi connectivity index (χ1n) is 22.1. The molecule has 0 aromatic heterocycles. The number of ether oxygens (including phenoxy) is 3. The summed E-state index contributed by atoms with van der Waals surface area (Å²) >= 11 is 0. The lowest BCUT2D eigenvalue weighted by atomic mass is 10.0. The lowest BCUT2D eigenvalue weighted by molar-refractivity contribution is -0.911. The Morgan fingerprint density at radius 2 is 0.692 bits per heavy atom. The molecule has 0 aliphatic rings. The molecule has 0 spiro atoms. The molecule has 0 fully saturated rings. The van der Waals surface area contributed by atoms with E-state index in [9.17, 15) is 19.5 Å². The number of hydrogen-bond donors (Lipinski definition) is 1. The van der Waals surface area contributed by atoms with Gasteiger partial charge in [-0.2, -0.15) is 0 Å². The molecule has 0 radical (unpaired) electrons. The van der Waals surface area contributed by atoms with Crippen molar-refractivity contribution in [1.29, 1.82) is 0 Å². The molecule has 8 heteroatoms. The number of carbonyl (C=O) groups is 3. The molecule has 0 bridgehead atoms. The van der Waals surface area contributed by atoms with Crippen LogP contribution in [0.2, 0.25) is 0 Å². The van der Waals surface area contributed by atoms with Crippen LogP contribution in [-0.2, 0) is 28.6 Å². The van der Waals surface area contributed by atoms with Crippen molar-refractivity contribution >= 4 is 17.9 Å². The fourth-order valence-corrected chi connectivity index (χ4v) is 6.68. The summed E-state index contributed by atoms with van der Waals surface area (Å²) in [6.07, 6.45) is 36.5. The molecule has 8 nitrogen and oxygen atoms in total. The van der Waals surface area contributed by atoms with Crippen LogP contribution in [0.5, 0.6) is 0 Å². The van der Waals surface area contributed by atoms with E-state index in [1.54, 1.807) is 21.1 Å². The average Bonchev–Trinajstić information content (AvgIpc) is 3.10. The summed E-state index contributed by atoms with van der Waals surface area (Å²) in [5.41, 5.74) is 0. The van der Waals surface area contributed by atoms with E-state index >= 15 is 0 Å². The summed E-state index contributed by atoms with van der Waals surface area (Å²) < 4.78 is 16.8. The number of likely N-dealkylation sites (N-methyl/N-ethyl adjacent to an activating group) is 1. The molecule has 0 aromatic carbocycles. The first-order valence-corrected chi connectivity index (χ1v) is 22.1. The molecule has 0 heterocycles. The molecular weight excluding hydrogens is 654 g/mol. The molecule has 0 aliphatic carbocycles. The Morgan fingerprint density at radius 3 is 0.923 bits per heavy atom. The second kappa shape index (κ2) is 36.3. The number of aliphatic carboxylic acids is 1. The van der Waals surface area contributed by atoms with Crippen molar-refractivity contribution in [3.8, 4) is 0 Å². The van der Waals surface area contributed by atoms with Gasteiger partial charge >= 0.3 is 17.9 Å². The number of hydrogen-bond acceptors (Lipinski definition) is 6. The van der Waals surface area contributed by atoms with Gasteiger partial charge in [-0.3, -0.25) is 14.1 Å². The number of nitrogens with zero attached hydrogens (tertiary/aromatic N) is 1. The van der Waals surface area contributed by atoms with Crippen molar-refractivity contribution in [2.45, 2.75) is 232 Å². The molecule has 0 aliphatic heterocycles. The number of unbranched alkanes of at least 4 members (excludes halogenated alkanes) is 28. The van der Waals surface area contributed by atoms with E-state index in [0.29, 0.717) is 12.8 Å². The summed E-state index contributed by atoms with van der Waals surface area (Å²) in [6, 6.07) is 0. The van der Waals surface area contributed by atoms with Gasteiger partial charge in [0.1, 0.15) is 19.3 Å². The monoisotopic (exact) mass is 741 g/mol. The molecule has 1 unspecified atom stereocenters. The molecule has 52 heavy (non-hydrogen) atoms. The third-order valence-corrected chi connectivity index (χ3v) is 10.1. The van der Waals surface area contributed by atoms with Crippen LogP contribution < -0.4 is 0 Å². The topological polar surface area (TPSA) is 99.1 Å². The summed E-state index contributed by atoms with van der Waals surface area (Å²) in [6.45, 7) is 4.24. The van der Waals surface area contributed by atoms with Crippen LogP contribution in [0.3, 0.4) is 0 Å². The fraction of sp³-hybridized carbons (Fsp3) is 0.932. The molecule has 0 saturated carbocycles. The van der Waals surface area contributed by atoms with Crippen molar-refractivity contribution in [3.05, 3.63) is 0 Å². The molecule has 1 atom stereocenters. The number of carboxylic acid groups (broad SMARTS) is 1. The maximum Gasteiger partial charge on any atom is 0.392 e. The van der Waals surface area contributed by atoms with Crippen LogP contribution in [0.25, 0.3) is 0 Å². The summed E-state index contributed by atoms with van der Waals surface area (Å²) in [5.74, 6) is -1.78. The minimum absolute atomic E-state index is 0.0198. The third-order valence-electron chi connectivity index (χ3n) is 10.1. The SMILES string of the molecule is CCCCCCCCCCCCCCCCCC(=O)OCC(COC(=O)CCCCCCCCCCCCCCCCC)OC(C(=O)O)[N+](C)(C)C. The summed E-state index contributed by atoms with van der Waals surface area (Å²) in [7, 11) is 5.17. The van der Waals surface area contributed by atoms with E-state index in [0.717, 1.165) is 38.5 Å². The van der Waals surface area contributed by atoms with Gasteiger partial charge in [0.15, 0.2) is 0 Å². The van der Waals surface area contributed by atoms with E-state index in [2.05, 4.69) is 13.8 Å². The Hall–Kier alpha value is -1.67. The Morgan fingerprint density at radius 1 is 0.442 bits per heavy atom. The molecule has 0 rings (SSSR count). The summed E-state index contributed by atoms with van der Waals surface area (Å²) in [5, 5.41) is 9.76. The van der Waals surface area contributed by atoms with Crippen molar-refractivity contribution in [3.63, 3.8) is 0 Å². The molecule has 0 saturated heterocycles. The second-order valence-electron chi connectivity index (χ2n) is 16.3. The first-order chi connectivity index (χ1) is 25.1. The number of esters is 2. The number of quaternary nitrogens is 1. The maximum absolute atomic E-state index is 12.5. The van der Waals surface area contributed by atoms with E-state index in [4.69, 9.17) is 14.2 Å². The van der Waals surface area contributed by atoms with Gasteiger partial charge in [0.25, 0.3) is 6.23 Å². The summed E-state index contributed by atoms with van der Waals surface area (Å²) in [4.78, 5) is 36.9. The highest BCUT2D eigenvalue weighted by atomic mass is 16.6. The van der Waals surface area contributed by atoms with Gasteiger partial charge in [0.05, 0.1) is 21.1 Å². The van der Waals surface area contributed by atoms with Crippen LogP contribution in [-0.4, -0.2) is 74.2 Å². The predicted octanol–water partition coefficient (Wildman–Crippen LogP) is 12.1. The van der Waals surface area contributed by atoms with Gasteiger partial charge in [-0.15, -0.1) is 0 Å². The Labute approximate surface area is 321 Å². The van der Waals surface area contributed by atoms with Gasteiger partial charge in [-0.05, 0) is 12.8 Å². The molecule has 0 aromatic rings. The Kier molecular flexibility index (Phi) is 35.1. The van der Waals surface area contributed by atoms with Gasteiger partial charge < -0.3 is 19.3 Å². The fourth-order valence-electron chi connectivity index (χ4n) is 6.68. The first kappa shape index (κ1) is 50.3. The van der Waals surface area contributed by atoms with E-state index in [1.165, 1.54) is 154 Å². The highest BCUT2D eigenvalue weighted by molar-refractivity contribution is 5.71. The lowest BCUT2D eigenvalue weighted by Crippen LogP contribution is -2.53. The van der Waals surface area contributed by atoms with Crippen molar-refractivity contribution < 1.29 is 38.2 Å². The van der Waals surface area contributed by atoms with E-state index in [1.807, 2.05) is 0 Å². The van der Waals surface area contributed by atoms with E-state index in [-0.39, 0.29) is 29.6 Å². The lowest BCUT2D eigenvalue weighted by Gasteiger charge is -2.32. The minimum atomic E-state index is -1.19. The number of rotatable bonds is 40. The number of carboxylic acids is 1. The predicted molar refractivity (Wildman–Crippen MR) is 215 cm³/mol. The third kappa shape index (κ3) is 34.1.